The number of aryl methyl sites for hydroxylation is 1. The van der Waals surface area contributed by atoms with E-state index in [0.717, 1.165) is 6.42 Å². The third-order valence-electron chi connectivity index (χ3n) is 3.73. The maximum absolute atomic E-state index is 12.4. The third-order valence-corrected chi connectivity index (χ3v) is 3.73. The van der Waals surface area contributed by atoms with Crippen molar-refractivity contribution in [1.29, 1.82) is 0 Å². The summed E-state index contributed by atoms with van der Waals surface area (Å²) in [6.45, 7) is 5.76. The number of carbonyl (C=O) groups is 2. The van der Waals surface area contributed by atoms with Gasteiger partial charge in [0.15, 0.2) is 0 Å². The Balaban J connectivity index is 2.15. The van der Waals surface area contributed by atoms with Gasteiger partial charge in [-0.25, -0.2) is 4.79 Å². The summed E-state index contributed by atoms with van der Waals surface area (Å²) in [5.41, 5.74) is 1.94. The van der Waals surface area contributed by atoms with Gasteiger partial charge in [0, 0.05) is 11.3 Å². The van der Waals surface area contributed by atoms with Crippen LogP contribution in [0.15, 0.2) is 42.5 Å². The smallest absolute Gasteiger partial charge is 0.335 e. The van der Waals surface area contributed by atoms with Crippen LogP contribution < -0.4 is 10.1 Å². The summed E-state index contributed by atoms with van der Waals surface area (Å²) < 4.78 is 5.73. The first-order valence-electron chi connectivity index (χ1n) is 7.82. The average Bonchev–Trinajstić information content (AvgIpc) is 2.56. The minimum Gasteiger partial charge on any atom is -0.491 e. The summed E-state index contributed by atoms with van der Waals surface area (Å²) >= 11 is 0. The number of carboxylic acids is 1. The van der Waals surface area contributed by atoms with Gasteiger partial charge in [-0.1, -0.05) is 13.0 Å². The first kappa shape index (κ1) is 17.5. The Hall–Kier alpha value is -2.82. The highest BCUT2D eigenvalue weighted by Gasteiger charge is 2.11. The van der Waals surface area contributed by atoms with Gasteiger partial charge in [-0.05, 0) is 62.2 Å². The van der Waals surface area contributed by atoms with E-state index < -0.39 is 5.97 Å². The zero-order valence-electron chi connectivity index (χ0n) is 14.0. The molecule has 0 heterocycles. The van der Waals surface area contributed by atoms with Crippen LogP contribution in [0.3, 0.4) is 0 Å². The van der Waals surface area contributed by atoms with Crippen molar-refractivity contribution in [2.75, 3.05) is 5.32 Å². The van der Waals surface area contributed by atoms with Crippen molar-refractivity contribution in [3.05, 3.63) is 59.2 Å². The number of hydrogen-bond donors (Lipinski definition) is 2. The SMILES string of the molecule is CCC(C)Oc1cccc(C(=O)Nc2ccc(C(=O)O)cc2C)c1. The molecule has 0 spiro atoms. The number of nitrogens with one attached hydrogen (secondary N) is 1. The van der Waals surface area contributed by atoms with Crippen molar-refractivity contribution in [3.63, 3.8) is 0 Å². The van der Waals surface area contributed by atoms with Crippen LogP contribution in [0.1, 0.15) is 46.5 Å². The molecule has 0 radical (unpaired) electrons. The predicted octanol–water partition coefficient (Wildman–Crippen LogP) is 4.12. The van der Waals surface area contributed by atoms with E-state index in [0.29, 0.717) is 22.6 Å². The standard InChI is InChI=1S/C19H21NO4/c1-4-13(3)24-16-7-5-6-14(11-16)18(21)20-17-9-8-15(19(22)23)10-12(17)2/h5-11,13H,4H2,1-3H3,(H,20,21)(H,22,23). The van der Waals surface area contributed by atoms with E-state index in [9.17, 15) is 9.59 Å². The molecule has 0 aliphatic rings. The maximum atomic E-state index is 12.4. The highest BCUT2D eigenvalue weighted by atomic mass is 16.5. The molecule has 0 bridgehead atoms. The Labute approximate surface area is 141 Å². The van der Waals surface area contributed by atoms with Crippen LogP contribution in [0.25, 0.3) is 0 Å². The average molecular weight is 327 g/mol. The zero-order chi connectivity index (χ0) is 17.7. The number of anilines is 1. The highest BCUT2D eigenvalue weighted by molar-refractivity contribution is 6.05. The second kappa shape index (κ2) is 7.64. The molecule has 0 aromatic heterocycles. The fourth-order valence-corrected chi connectivity index (χ4v) is 2.16. The van der Waals surface area contributed by atoms with E-state index in [1.807, 2.05) is 19.9 Å². The van der Waals surface area contributed by atoms with Gasteiger partial charge < -0.3 is 15.2 Å². The van der Waals surface area contributed by atoms with Crippen LogP contribution in [0.2, 0.25) is 0 Å². The predicted molar refractivity (Wildman–Crippen MR) is 92.9 cm³/mol. The molecule has 2 aromatic carbocycles. The molecule has 5 nitrogen and oxygen atoms in total. The Kier molecular flexibility index (Phi) is 5.58. The normalized spacial score (nSPS) is 11.6. The molecular weight excluding hydrogens is 306 g/mol. The van der Waals surface area contributed by atoms with Gasteiger partial charge in [-0.15, -0.1) is 0 Å². The molecule has 0 saturated heterocycles. The molecule has 2 N–H and O–H groups in total. The van der Waals surface area contributed by atoms with E-state index in [2.05, 4.69) is 5.32 Å². The lowest BCUT2D eigenvalue weighted by atomic mass is 10.1. The zero-order valence-corrected chi connectivity index (χ0v) is 14.0. The fraction of sp³-hybridized carbons (Fsp3) is 0.263. The highest BCUT2D eigenvalue weighted by Crippen LogP contribution is 2.20. The second-order valence-electron chi connectivity index (χ2n) is 5.65. The number of aromatic carboxylic acids is 1. The van der Waals surface area contributed by atoms with Crippen LogP contribution in [0.5, 0.6) is 5.75 Å². The lowest BCUT2D eigenvalue weighted by molar-refractivity contribution is 0.0696. The number of rotatable bonds is 6. The molecular formula is C19H21NO4. The van der Waals surface area contributed by atoms with E-state index in [1.54, 1.807) is 31.2 Å². The Morgan fingerprint density at radius 3 is 2.54 bits per heavy atom. The number of carbonyl (C=O) groups excluding carboxylic acids is 1. The monoisotopic (exact) mass is 327 g/mol. The molecule has 0 aliphatic carbocycles. The number of carboxylic acid groups (broad SMARTS) is 1. The van der Waals surface area contributed by atoms with Gasteiger partial charge in [0.25, 0.3) is 5.91 Å². The molecule has 1 atom stereocenters. The number of amides is 1. The Morgan fingerprint density at radius 1 is 1.17 bits per heavy atom. The quantitative estimate of drug-likeness (QED) is 0.836. The molecule has 126 valence electrons. The summed E-state index contributed by atoms with van der Waals surface area (Å²) in [5.74, 6) is -0.614. The van der Waals surface area contributed by atoms with E-state index in [4.69, 9.17) is 9.84 Å². The minimum absolute atomic E-state index is 0.0779. The molecule has 5 heteroatoms. The Morgan fingerprint density at radius 2 is 1.92 bits per heavy atom. The Bertz CT molecular complexity index is 755. The van der Waals surface area contributed by atoms with Crippen molar-refractivity contribution in [2.45, 2.75) is 33.3 Å². The molecule has 24 heavy (non-hydrogen) atoms. The molecule has 0 aliphatic heterocycles. The summed E-state index contributed by atoms with van der Waals surface area (Å²) in [4.78, 5) is 23.4. The van der Waals surface area contributed by atoms with E-state index in [1.165, 1.54) is 12.1 Å². The molecule has 0 saturated carbocycles. The van der Waals surface area contributed by atoms with Gasteiger partial charge >= 0.3 is 5.97 Å². The summed E-state index contributed by atoms with van der Waals surface area (Å²) in [7, 11) is 0. The van der Waals surface area contributed by atoms with Gasteiger partial charge in [-0.3, -0.25) is 4.79 Å². The van der Waals surface area contributed by atoms with Gasteiger partial charge in [-0.2, -0.15) is 0 Å². The third kappa shape index (κ3) is 4.35. The van der Waals surface area contributed by atoms with Crippen LogP contribution >= 0.6 is 0 Å². The molecule has 1 unspecified atom stereocenters. The lowest BCUT2D eigenvalue weighted by Crippen LogP contribution is -2.14. The van der Waals surface area contributed by atoms with Crippen LogP contribution in [0, 0.1) is 6.92 Å². The first-order valence-corrected chi connectivity index (χ1v) is 7.82. The van der Waals surface area contributed by atoms with Crippen molar-refractivity contribution < 1.29 is 19.4 Å². The van der Waals surface area contributed by atoms with Gasteiger partial charge in [0.2, 0.25) is 0 Å². The summed E-state index contributed by atoms with van der Waals surface area (Å²) in [5, 5.41) is 11.8. The first-order chi connectivity index (χ1) is 11.4. The maximum Gasteiger partial charge on any atom is 0.335 e. The van der Waals surface area contributed by atoms with Crippen LogP contribution in [-0.4, -0.2) is 23.1 Å². The number of benzene rings is 2. The molecule has 1 amide bonds. The summed E-state index contributed by atoms with van der Waals surface area (Å²) in [6.07, 6.45) is 0.958. The molecule has 0 fully saturated rings. The van der Waals surface area contributed by atoms with Crippen LogP contribution in [0.4, 0.5) is 5.69 Å². The largest absolute Gasteiger partial charge is 0.491 e. The number of ether oxygens (including phenoxy) is 1. The second-order valence-corrected chi connectivity index (χ2v) is 5.65. The molecule has 2 aromatic rings. The van der Waals surface area contributed by atoms with Gasteiger partial charge in [0.1, 0.15) is 5.75 Å². The topological polar surface area (TPSA) is 75.6 Å². The molecule has 2 rings (SSSR count). The van der Waals surface area contributed by atoms with E-state index in [-0.39, 0.29) is 17.6 Å². The minimum atomic E-state index is -0.995. The van der Waals surface area contributed by atoms with Crippen molar-refractivity contribution in [2.24, 2.45) is 0 Å². The van der Waals surface area contributed by atoms with Crippen LogP contribution in [-0.2, 0) is 0 Å². The van der Waals surface area contributed by atoms with E-state index >= 15 is 0 Å². The van der Waals surface area contributed by atoms with Crippen molar-refractivity contribution >= 4 is 17.6 Å². The van der Waals surface area contributed by atoms with Crippen molar-refractivity contribution in [3.8, 4) is 5.75 Å². The lowest BCUT2D eigenvalue weighted by Gasteiger charge is -2.14. The number of hydrogen-bond acceptors (Lipinski definition) is 3. The fourth-order valence-electron chi connectivity index (χ4n) is 2.16. The summed E-state index contributed by atoms with van der Waals surface area (Å²) in [6, 6.07) is 11.6. The van der Waals surface area contributed by atoms with Crippen molar-refractivity contribution in [1.82, 2.24) is 0 Å². The van der Waals surface area contributed by atoms with Gasteiger partial charge in [0.05, 0.1) is 11.7 Å².